The predicted octanol–water partition coefficient (Wildman–Crippen LogP) is 0.409. The van der Waals surface area contributed by atoms with Crippen molar-refractivity contribution in [3.63, 3.8) is 0 Å². The van der Waals surface area contributed by atoms with Crippen LogP contribution in [0.2, 0.25) is 0 Å². The van der Waals surface area contributed by atoms with Crippen molar-refractivity contribution in [3.05, 3.63) is 0 Å². The average molecular weight is 191 g/mol. The summed E-state index contributed by atoms with van der Waals surface area (Å²) in [5.74, 6) is -0.893. The SMILES string of the molecule is CCCCOCOCNCC(=O)O. The lowest BCUT2D eigenvalue weighted by Gasteiger charge is -2.04. The number of carbonyl (C=O) groups is 1. The van der Waals surface area contributed by atoms with Gasteiger partial charge in [-0.25, -0.2) is 0 Å². The van der Waals surface area contributed by atoms with Crippen molar-refractivity contribution in [1.29, 1.82) is 0 Å². The number of aliphatic carboxylic acids is 1. The van der Waals surface area contributed by atoms with Crippen LogP contribution in [0.15, 0.2) is 0 Å². The lowest BCUT2D eigenvalue weighted by atomic mass is 10.4. The summed E-state index contributed by atoms with van der Waals surface area (Å²) >= 11 is 0. The van der Waals surface area contributed by atoms with Gasteiger partial charge in [-0.3, -0.25) is 10.1 Å². The molecular weight excluding hydrogens is 174 g/mol. The standard InChI is InChI=1S/C8H17NO4/c1-2-3-4-12-7-13-6-9-5-8(10)11/h9H,2-7H2,1H3,(H,10,11). The molecule has 0 spiro atoms. The van der Waals surface area contributed by atoms with Crippen LogP contribution in [0.25, 0.3) is 0 Å². The zero-order valence-electron chi connectivity index (χ0n) is 7.91. The predicted molar refractivity (Wildman–Crippen MR) is 47.3 cm³/mol. The van der Waals surface area contributed by atoms with Gasteiger partial charge in [0.1, 0.15) is 6.79 Å². The molecule has 5 heteroatoms. The first-order valence-electron chi connectivity index (χ1n) is 4.35. The number of hydrogen-bond donors (Lipinski definition) is 2. The Hall–Kier alpha value is -0.650. The van der Waals surface area contributed by atoms with Gasteiger partial charge in [-0.2, -0.15) is 0 Å². The Morgan fingerprint density at radius 1 is 1.46 bits per heavy atom. The van der Waals surface area contributed by atoms with Gasteiger partial charge in [-0.15, -0.1) is 0 Å². The lowest BCUT2D eigenvalue weighted by molar-refractivity contribution is -0.136. The summed E-state index contributed by atoms with van der Waals surface area (Å²) in [4.78, 5) is 10.0. The van der Waals surface area contributed by atoms with Gasteiger partial charge in [0.05, 0.1) is 13.3 Å². The minimum atomic E-state index is -0.893. The summed E-state index contributed by atoms with van der Waals surface area (Å²) < 4.78 is 10.0. The summed E-state index contributed by atoms with van der Waals surface area (Å²) in [7, 11) is 0. The molecule has 13 heavy (non-hydrogen) atoms. The molecule has 0 aliphatic heterocycles. The van der Waals surface area contributed by atoms with Gasteiger partial charge < -0.3 is 14.6 Å². The van der Waals surface area contributed by atoms with Crippen LogP contribution in [0.5, 0.6) is 0 Å². The fourth-order valence-electron chi connectivity index (χ4n) is 0.636. The van der Waals surface area contributed by atoms with E-state index in [0.717, 1.165) is 12.8 Å². The topological polar surface area (TPSA) is 67.8 Å². The van der Waals surface area contributed by atoms with Gasteiger partial charge >= 0.3 is 5.97 Å². The van der Waals surface area contributed by atoms with E-state index < -0.39 is 5.97 Å². The van der Waals surface area contributed by atoms with Gasteiger partial charge in [-0.1, -0.05) is 13.3 Å². The highest BCUT2D eigenvalue weighted by Gasteiger charge is 1.93. The Labute approximate surface area is 78.0 Å². The highest BCUT2D eigenvalue weighted by atomic mass is 16.7. The molecule has 0 saturated carbocycles. The minimum Gasteiger partial charge on any atom is -0.480 e. The van der Waals surface area contributed by atoms with E-state index in [4.69, 9.17) is 14.6 Å². The monoisotopic (exact) mass is 191 g/mol. The first-order valence-corrected chi connectivity index (χ1v) is 4.35. The molecule has 0 radical (unpaired) electrons. The normalized spacial score (nSPS) is 10.2. The molecule has 0 amide bonds. The van der Waals surface area contributed by atoms with E-state index in [1.807, 2.05) is 0 Å². The van der Waals surface area contributed by atoms with Crippen LogP contribution >= 0.6 is 0 Å². The molecule has 0 unspecified atom stereocenters. The van der Waals surface area contributed by atoms with Crippen molar-refractivity contribution in [2.75, 3.05) is 26.7 Å². The molecule has 0 bridgehead atoms. The maximum Gasteiger partial charge on any atom is 0.317 e. The molecule has 0 saturated heterocycles. The van der Waals surface area contributed by atoms with Crippen LogP contribution < -0.4 is 5.32 Å². The summed E-state index contributed by atoms with van der Waals surface area (Å²) in [5.41, 5.74) is 0. The number of hydrogen-bond acceptors (Lipinski definition) is 4. The van der Waals surface area contributed by atoms with E-state index in [9.17, 15) is 4.79 Å². The van der Waals surface area contributed by atoms with Crippen molar-refractivity contribution >= 4 is 5.97 Å². The van der Waals surface area contributed by atoms with E-state index in [2.05, 4.69) is 12.2 Å². The first-order chi connectivity index (χ1) is 6.27. The Balaban J connectivity index is 2.87. The molecular formula is C8H17NO4. The van der Waals surface area contributed by atoms with Crippen LogP contribution in [-0.4, -0.2) is 37.8 Å². The summed E-state index contributed by atoms with van der Waals surface area (Å²) in [6.07, 6.45) is 2.11. The number of ether oxygens (including phenoxy) is 2. The van der Waals surface area contributed by atoms with Crippen LogP contribution in [0, 0.1) is 0 Å². The molecule has 0 aliphatic carbocycles. The number of nitrogens with one attached hydrogen (secondary N) is 1. The van der Waals surface area contributed by atoms with E-state index in [1.54, 1.807) is 0 Å². The quantitative estimate of drug-likeness (QED) is 0.408. The summed E-state index contributed by atoms with van der Waals surface area (Å²) in [5, 5.41) is 10.8. The van der Waals surface area contributed by atoms with Crippen molar-refractivity contribution < 1.29 is 19.4 Å². The molecule has 0 atom stereocenters. The molecule has 0 heterocycles. The van der Waals surface area contributed by atoms with Crippen molar-refractivity contribution in [2.24, 2.45) is 0 Å². The van der Waals surface area contributed by atoms with Crippen molar-refractivity contribution in [3.8, 4) is 0 Å². The van der Waals surface area contributed by atoms with E-state index in [-0.39, 0.29) is 20.1 Å². The average Bonchev–Trinajstić information content (AvgIpc) is 2.09. The second kappa shape index (κ2) is 9.44. The van der Waals surface area contributed by atoms with Gasteiger partial charge in [0.25, 0.3) is 0 Å². The molecule has 5 nitrogen and oxygen atoms in total. The van der Waals surface area contributed by atoms with E-state index in [1.165, 1.54) is 0 Å². The molecule has 0 fully saturated rings. The fraction of sp³-hybridized carbons (Fsp3) is 0.875. The minimum absolute atomic E-state index is 0.0883. The molecule has 78 valence electrons. The molecule has 0 aliphatic rings. The Bertz CT molecular complexity index is 129. The highest BCUT2D eigenvalue weighted by Crippen LogP contribution is 1.87. The van der Waals surface area contributed by atoms with Crippen LogP contribution in [-0.2, 0) is 14.3 Å². The van der Waals surface area contributed by atoms with Crippen LogP contribution in [0.4, 0.5) is 0 Å². The smallest absolute Gasteiger partial charge is 0.317 e. The van der Waals surface area contributed by atoms with Gasteiger partial charge in [-0.05, 0) is 6.42 Å². The summed E-state index contributed by atoms with van der Waals surface area (Å²) in [6, 6.07) is 0. The Morgan fingerprint density at radius 3 is 2.85 bits per heavy atom. The fourth-order valence-corrected chi connectivity index (χ4v) is 0.636. The van der Waals surface area contributed by atoms with Crippen LogP contribution in [0.1, 0.15) is 19.8 Å². The molecule has 0 aromatic carbocycles. The van der Waals surface area contributed by atoms with Crippen LogP contribution in [0.3, 0.4) is 0 Å². The lowest BCUT2D eigenvalue weighted by Crippen LogP contribution is -2.25. The molecule has 0 rings (SSSR count). The zero-order chi connectivity index (χ0) is 9.94. The summed E-state index contributed by atoms with van der Waals surface area (Å²) in [6.45, 7) is 3.11. The number of carboxylic acids is 1. The maximum absolute atomic E-state index is 10.0. The largest absolute Gasteiger partial charge is 0.480 e. The van der Waals surface area contributed by atoms with Crippen molar-refractivity contribution in [2.45, 2.75) is 19.8 Å². The van der Waals surface area contributed by atoms with E-state index >= 15 is 0 Å². The third kappa shape index (κ3) is 11.3. The Morgan fingerprint density at radius 2 is 2.23 bits per heavy atom. The second-order valence-electron chi connectivity index (χ2n) is 2.55. The van der Waals surface area contributed by atoms with Gasteiger partial charge in [0.2, 0.25) is 0 Å². The zero-order valence-corrected chi connectivity index (χ0v) is 7.91. The first kappa shape index (κ1) is 12.3. The van der Waals surface area contributed by atoms with E-state index in [0.29, 0.717) is 6.61 Å². The number of carboxylic acid groups (broad SMARTS) is 1. The second-order valence-corrected chi connectivity index (χ2v) is 2.55. The molecule has 2 N–H and O–H groups in total. The number of unbranched alkanes of at least 4 members (excludes halogenated alkanes) is 1. The third-order valence-corrected chi connectivity index (χ3v) is 1.29. The third-order valence-electron chi connectivity index (χ3n) is 1.29. The van der Waals surface area contributed by atoms with Crippen molar-refractivity contribution in [1.82, 2.24) is 5.32 Å². The van der Waals surface area contributed by atoms with Gasteiger partial charge in [0.15, 0.2) is 0 Å². The highest BCUT2D eigenvalue weighted by molar-refractivity contribution is 5.68. The van der Waals surface area contributed by atoms with Gasteiger partial charge in [0, 0.05) is 6.61 Å². The number of rotatable bonds is 9. The molecule has 0 aromatic heterocycles. The Kier molecular flexibility index (Phi) is 8.97. The maximum atomic E-state index is 10.0. The molecule has 0 aromatic rings.